The molecule has 3 nitrogen and oxygen atoms in total. The molecule has 1 aliphatic heterocycles. The van der Waals surface area contributed by atoms with E-state index >= 15 is 0 Å². The summed E-state index contributed by atoms with van der Waals surface area (Å²) in [7, 11) is 0. The van der Waals surface area contributed by atoms with Gasteiger partial charge in [0.25, 0.3) is 0 Å². The minimum Gasteiger partial charge on any atom is -0.368 e. The van der Waals surface area contributed by atoms with Crippen LogP contribution in [0.15, 0.2) is 59.9 Å². The van der Waals surface area contributed by atoms with Gasteiger partial charge >= 0.3 is 0 Å². The highest BCUT2D eigenvalue weighted by Gasteiger charge is 2.30. The van der Waals surface area contributed by atoms with Crippen molar-refractivity contribution in [2.45, 2.75) is 12.5 Å². The standard InChI is InChI=1S/C14H13N3/c1-14-8-4-2-7-13(14)16-10-12(17-14)11-6-3-5-9-15-11/h2-10,17H,1H3. The molecule has 0 amide bonds. The van der Waals surface area contributed by atoms with E-state index in [1.54, 1.807) is 6.20 Å². The second kappa shape index (κ2) is 3.70. The molecule has 0 saturated heterocycles. The van der Waals surface area contributed by atoms with Crippen molar-refractivity contribution in [3.05, 3.63) is 60.6 Å². The van der Waals surface area contributed by atoms with Crippen molar-refractivity contribution in [1.29, 1.82) is 0 Å². The van der Waals surface area contributed by atoms with Gasteiger partial charge in [0.15, 0.2) is 0 Å². The number of fused-ring (bicyclic) bond motifs is 1. The zero-order chi connectivity index (χ0) is 11.7. The zero-order valence-corrected chi connectivity index (χ0v) is 9.59. The molecule has 1 unspecified atom stereocenters. The monoisotopic (exact) mass is 223 g/mol. The van der Waals surface area contributed by atoms with E-state index in [1.807, 2.05) is 42.6 Å². The summed E-state index contributed by atoms with van der Waals surface area (Å²) in [5.41, 5.74) is 2.67. The molecule has 17 heavy (non-hydrogen) atoms. The van der Waals surface area contributed by atoms with E-state index in [0.29, 0.717) is 0 Å². The fraction of sp³-hybridized carbons (Fsp3) is 0.143. The van der Waals surface area contributed by atoms with E-state index in [1.165, 1.54) is 0 Å². The first-order valence-electron chi connectivity index (χ1n) is 5.62. The molecule has 3 heteroatoms. The first-order valence-corrected chi connectivity index (χ1v) is 5.62. The number of nitrogens with one attached hydrogen (secondary N) is 1. The Labute approximate surface area is 100 Å². The quantitative estimate of drug-likeness (QED) is 0.793. The first-order chi connectivity index (χ1) is 8.28. The predicted molar refractivity (Wildman–Crippen MR) is 69.5 cm³/mol. The molecular weight excluding hydrogens is 210 g/mol. The molecular formula is C14H13N3. The van der Waals surface area contributed by atoms with Crippen LogP contribution >= 0.6 is 0 Å². The van der Waals surface area contributed by atoms with E-state index in [0.717, 1.165) is 17.1 Å². The zero-order valence-electron chi connectivity index (χ0n) is 9.59. The largest absolute Gasteiger partial charge is 0.368 e. The number of aliphatic imine (C=N–C) groups is 1. The van der Waals surface area contributed by atoms with Gasteiger partial charge in [-0.3, -0.25) is 9.98 Å². The highest BCUT2D eigenvalue weighted by atomic mass is 15.1. The molecule has 3 rings (SSSR count). The minimum absolute atomic E-state index is 0.226. The summed E-state index contributed by atoms with van der Waals surface area (Å²) in [6.45, 7) is 2.11. The van der Waals surface area contributed by atoms with Crippen molar-refractivity contribution in [2.75, 3.05) is 0 Å². The molecule has 1 aliphatic carbocycles. The smallest absolute Gasteiger partial charge is 0.0956 e. The Bertz CT molecular complexity index is 552. The van der Waals surface area contributed by atoms with Crippen molar-refractivity contribution in [3.63, 3.8) is 0 Å². The molecule has 1 aromatic rings. The van der Waals surface area contributed by atoms with Gasteiger partial charge in [0.1, 0.15) is 0 Å². The summed E-state index contributed by atoms with van der Waals surface area (Å²) in [5.74, 6) is 0. The van der Waals surface area contributed by atoms with Gasteiger partial charge < -0.3 is 5.32 Å². The van der Waals surface area contributed by atoms with Gasteiger partial charge in [-0.2, -0.15) is 0 Å². The molecule has 0 fully saturated rings. The first kappa shape index (κ1) is 10.0. The molecule has 0 bridgehead atoms. The van der Waals surface area contributed by atoms with E-state index in [4.69, 9.17) is 0 Å². The summed E-state index contributed by atoms with van der Waals surface area (Å²) in [6, 6.07) is 5.86. The molecule has 1 N–H and O–H groups in total. The average Bonchev–Trinajstić information content (AvgIpc) is 2.38. The van der Waals surface area contributed by atoms with Crippen molar-refractivity contribution in [1.82, 2.24) is 10.3 Å². The maximum Gasteiger partial charge on any atom is 0.0956 e. The van der Waals surface area contributed by atoms with Crippen LogP contribution < -0.4 is 5.32 Å². The van der Waals surface area contributed by atoms with Crippen molar-refractivity contribution < 1.29 is 0 Å². The lowest BCUT2D eigenvalue weighted by Crippen LogP contribution is -2.48. The SMILES string of the molecule is CC12C=CC=CC1=NC=C(c1ccccn1)N2. The van der Waals surface area contributed by atoms with Gasteiger partial charge in [0.2, 0.25) is 0 Å². The normalized spacial score (nSPS) is 25.7. The van der Waals surface area contributed by atoms with Crippen molar-refractivity contribution >= 4 is 11.4 Å². The van der Waals surface area contributed by atoms with Gasteiger partial charge in [-0.25, -0.2) is 0 Å². The van der Waals surface area contributed by atoms with Gasteiger partial charge in [-0.1, -0.05) is 24.3 Å². The summed E-state index contributed by atoms with van der Waals surface area (Å²) in [6.07, 6.45) is 11.8. The van der Waals surface area contributed by atoms with Crippen molar-refractivity contribution in [2.24, 2.45) is 4.99 Å². The summed E-state index contributed by atoms with van der Waals surface area (Å²) in [5, 5.41) is 3.48. The third-order valence-corrected chi connectivity index (χ3v) is 2.99. The van der Waals surface area contributed by atoms with Crippen LogP contribution in [0.2, 0.25) is 0 Å². The number of allylic oxidation sites excluding steroid dienone is 2. The van der Waals surface area contributed by atoms with Gasteiger partial charge in [0, 0.05) is 6.20 Å². The summed E-state index contributed by atoms with van der Waals surface area (Å²) < 4.78 is 0. The average molecular weight is 223 g/mol. The maximum atomic E-state index is 4.50. The molecule has 84 valence electrons. The van der Waals surface area contributed by atoms with Crippen LogP contribution in [0.5, 0.6) is 0 Å². The predicted octanol–water partition coefficient (Wildman–Crippen LogP) is 2.31. The number of hydrogen-bond donors (Lipinski definition) is 1. The van der Waals surface area contributed by atoms with Crippen LogP contribution in [-0.4, -0.2) is 16.2 Å². The molecule has 0 aromatic carbocycles. The second-order valence-corrected chi connectivity index (χ2v) is 4.32. The van der Waals surface area contributed by atoms with Crippen LogP contribution in [0.4, 0.5) is 0 Å². The van der Waals surface area contributed by atoms with Crippen molar-refractivity contribution in [3.8, 4) is 0 Å². The topological polar surface area (TPSA) is 37.3 Å². The Hall–Kier alpha value is -2.16. The van der Waals surface area contributed by atoms with E-state index in [9.17, 15) is 0 Å². The highest BCUT2D eigenvalue weighted by molar-refractivity contribution is 6.07. The molecule has 0 saturated carbocycles. The lowest BCUT2D eigenvalue weighted by atomic mass is 9.89. The molecule has 1 atom stereocenters. The Morgan fingerprint density at radius 1 is 1.24 bits per heavy atom. The van der Waals surface area contributed by atoms with E-state index in [2.05, 4.69) is 28.3 Å². The number of pyridine rings is 1. The Morgan fingerprint density at radius 2 is 2.18 bits per heavy atom. The molecule has 1 aromatic heterocycles. The third-order valence-electron chi connectivity index (χ3n) is 2.99. The highest BCUT2D eigenvalue weighted by Crippen LogP contribution is 2.24. The van der Waals surface area contributed by atoms with Crippen LogP contribution in [0.3, 0.4) is 0 Å². The minimum atomic E-state index is -0.226. The maximum absolute atomic E-state index is 4.50. The van der Waals surface area contributed by atoms with Crippen LogP contribution in [0.25, 0.3) is 5.70 Å². The Balaban J connectivity index is 2.01. The number of hydrogen-bond acceptors (Lipinski definition) is 3. The number of aromatic nitrogens is 1. The molecule has 2 heterocycles. The molecule has 0 radical (unpaired) electrons. The lowest BCUT2D eigenvalue weighted by Gasteiger charge is -2.33. The Kier molecular flexibility index (Phi) is 2.18. The molecule has 0 spiro atoms. The van der Waals surface area contributed by atoms with Crippen LogP contribution in [-0.2, 0) is 0 Å². The third kappa shape index (κ3) is 1.69. The Morgan fingerprint density at radius 3 is 3.00 bits per heavy atom. The summed E-state index contributed by atoms with van der Waals surface area (Å²) in [4.78, 5) is 8.82. The van der Waals surface area contributed by atoms with E-state index in [-0.39, 0.29) is 5.54 Å². The van der Waals surface area contributed by atoms with E-state index < -0.39 is 0 Å². The number of nitrogens with zero attached hydrogens (tertiary/aromatic N) is 2. The fourth-order valence-corrected chi connectivity index (χ4v) is 2.03. The van der Waals surface area contributed by atoms with Crippen LogP contribution in [0, 0.1) is 0 Å². The second-order valence-electron chi connectivity index (χ2n) is 4.32. The number of rotatable bonds is 1. The summed E-state index contributed by atoms with van der Waals surface area (Å²) >= 11 is 0. The van der Waals surface area contributed by atoms with Gasteiger partial charge in [0.05, 0.1) is 28.8 Å². The van der Waals surface area contributed by atoms with Gasteiger partial charge in [-0.05, 0) is 25.1 Å². The van der Waals surface area contributed by atoms with Crippen LogP contribution in [0.1, 0.15) is 12.6 Å². The fourth-order valence-electron chi connectivity index (χ4n) is 2.03. The van der Waals surface area contributed by atoms with Gasteiger partial charge in [-0.15, -0.1) is 0 Å². The lowest BCUT2D eigenvalue weighted by molar-refractivity contribution is 0.659. The molecule has 2 aliphatic rings.